The van der Waals surface area contributed by atoms with E-state index in [1.165, 1.54) is 33.2 Å². The highest BCUT2D eigenvalue weighted by molar-refractivity contribution is 8.01. The van der Waals surface area contributed by atoms with Crippen LogP contribution in [0.1, 0.15) is 34.7 Å². The zero-order valence-electron chi connectivity index (χ0n) is 34.3. The number of carbonyl (C=O) groups is 1. The Morgan fingerprint density at radius 3 is 1.74 bits per heavy atom. The maximum atomic E-state index is 13.6. The summed E-state index contributed by atoms with van der Waals surface area (Å²) in [5.41, 5.74) is 4.79. The number of benzene rings is 2. The molecule has 0 spiro atoms. The first-order valence-corrected chi connectivity index (χ1v) is 18.3. The van der Waals surface area contributed by atoms with E-state index in [2.05, 4.69) is 27.8 Å². The number of ether oxygens (including phenoxy) is 3. The number of likely N-dealkylation sites (N-methyl/N-ethyl adjacent to an activating group) is 2. The van der Waals surface area contributed by atoms with Gasteiger partial charge in [0.1, 0.15) is 11.5 Å². The number of amidine groups is 1. The Hall–Kier alpha value is -5.22. The fourth-order valence-electron chi connectivity index (χ4n) is 5.98. The average Bonchev–Trinajstić information content (AvgIpc) is 3.08. The molecule has 1 N–H and O–H groups in total. The zero-order valence-corrected chi connectivity index (χ0v) is 35.1. The second-order valence-corrected chi connectivity index (χ2v) is 14.7. The van der Waals surface area contributed by atoms with Crippen LogP contribution in [0.15, 0.2) is 51.4 Å². The highest BCUT2D eigenvalue weighted by atomic mass is 32.2. The summed E-state index contributed by atoms with van der Waals surface area (Å²) >= 11 is 0. The molecule has 0 aliphatic heterocycles. The number of anilines is 1. The van der Waals surface area contributed by atoms with Crippen molar-refractivity contribution in [2.45, 2.75) is 47.1 Å². The van der Waals surface area contributed by atoms with Crippen LogP contribution >= 0.6 is 0 Å². The highest BCUT2D eigenvalue weighted by Gasteiger charge is 2.43. The van der Waals surface area contributed by atoms with Crippen LogP contribution < -0.4 is 14.4 Å². The Morgan fingerprint density at radius 1 is 0.852 bits per heavy atom. The summed E-state index contributed by atoms with van der Waals surface area (Å²) in [5.74, 6) is 2.33. The van der Waals surface area contributed by atoms with Gasteiger partial charge >= 0.3 is 16.1 Å². The molecule has 0 saturated heterocycles. The Labute approximate surface area is 320 Å². The first-order chi connectivity index (χ1) is 25.1. The number of esters is 1. The van der Waals surface area contributed by atoms with Gasteiger partial charge in [-0.25, -0.2) is 4.79 Å². The van der Waals surface area contributed by atoms with Gasteiger partial charge in [-0.15, -0.1) is 0 Å². The van der Waals surface area contributed by atoms with Crippen molar-refractivity contribution in [1.29, 1.82) is 0 Å². The van der Waals surface area contributed by atoms with Gasteiger partial charge in [-0.05, 0) is 83.7 Å². The number of guanidine groups is 1. The van der Waals surface area contributed by atoms with Gasteiger partial charge in [0.2, 0.25) is 16.9 Å². The smallest absolute Gasteiger partial charge is 0.333 e. The Morgan fingerprint density at radius 2 is 1.37 bits per heavy atom. The molecule has 0 aliphatic carbocycles. The predicted octanol–water partition coefficient (Wildman–Crippen LogP) is 5.81. The first kappa shape index (κ1) is 44.9. The third-order valence-electron chi connectivity index (χ3n) is 8.63. The van der Waals surface area contributed by atoms with Crippen LogP contribution in [0.2, 0.25) is 0 Å². The van der Waals surface area contributed by atoms with Gasteiger partial charge in [-0.1, -0.05) is 17.7 Å². The zero-order chi connectivity index (χ0) is 41.3. The van der Waals surface area contributed by atoms with Gasteiger partial charge in [-0.2, -0.15) is 13.4 Å². The van der Waals surface area contributed by atoms with E-state index in [0.717, 1.165) is 39.2 Å². The molecule has 16 heteroatoms. The Balaban J connectivity index is 0.000000881. The molecule has 0 fully saturated rings. The summed E-state index contributed by atoms with van der Waals surface area (Å²) in [6.45, 7) is 15.6. The number of hydrogen-bond donors (Lipinski definition) is 1. The van der Waals surface area contributed by atoms with Crippen molar-refractivity contribution >= 4 is 45.3 Å². The Bertz CT molecular complexity index is 2000. The van der Waals surface area contributed by atoms with Crippen molar-refractivity contribution in [1.82, 2.24) is 19.7 Å². The highest BCUT2D eigenvalue weighted by Crippen LogP contribution is 2.42. The van der Waals surface area contributed by atoms with Gasteiger partial charge in [0, 0.05) is 67.5 Å². The lowest BCUT2D eigenvalue weighted by Crippen LogP contribution is -2.59. The monoisotopic (exact) mass is 768 g/mol. The molecule has 0 amide bonds. The first-order valence-electron chi connectivity index (χ1n) is 16.9. The van der Waals surface area contributed by atoms with Crippen LogP contribution in [-0.2, 0) is 19.6 Å². The minimum Gasteiger partial charge on any atom is -0.467 e. The number of aryl methyl sites for hydroxylation is 3. The maximum absolute atomic E-state index is 13.6. The Kier molecular flexibility index (Phi) is 15.6. The summed E-state index contributed by atoms with van der Waals surface area (Å²) in [4.78, 5) is 37.2. The maximum Gasteiger partial charge on any atom is 0.333 e. The molecular weight excluding hydrogens is 713 g/mol. The third kappa shape index (κ3) is 10.7. The van der Waals surface area contributed by atoms with Gasteiger partial charge < -0.3 is 33.8 Å². The molecule has 3 rings (SSSR count). The standard InChI is InChI=1S/C34H46N6O4.C4H10N2O3S/c1-21-14-16-27(22(2)18-21)43-30-24(4)29(25(5)31(37-30)44-28-17-15-26(35-7)19-23(28)3)40(12)34(6,32(41)42-13)20-39(11)33(36-8)38(9)10;1-5-4(6(2)3)10(7,8)9/h14-19H,7,20H2,1-6,8-13H3;1-3H3,(H,7,8,9). The number of aliphatic imine (C=N–C) groups is 3. The molecule has 3 aromatic rings. The lowest BCUT2D eigenvalue weighted by molar-refractivity contribution is -0.146. The summed E-state index contributed by atoms with van der Waals surface area (Å²) < 4.78 is 47.5. The fraction of sp³-hybridized carbons (Fsp3) is 0.447. The third-order valence-corrected chi connectivity index (χ3v) is 9.64. The number of rotatable bonds is 10. The van der Waals surface area contributed by atoms with E-state index in [4.69, 9.17) is 23.7 Å². The van der Waals surface area contributed by atoms with Crippen molar-refractivity contribution in [3.05, 3.63) is 64.2 Å². The predicted molar refractivity (Wildman–Crippen MR) is 217 cm³/mol. The topological polar surface area (TPSA) is 162 Å². The van der Waals surface area contributed by atoms with Gasteiger partial charge in [0.05, 0.1) is 25.0 Å². The molecule has 2 aromatic carbocycles. The molecule has 0 radical (unpaired) electrons. The fourth-order valence-corrected chi connectivity index (χ4v) is 6.67. The number of hydrogen-bond acceptors (Lipinski definition) is 11. The van der Waals surface area contributed by atoms with Crippen LogP contribution in [0.4, 0.5) is 11.4 Å². The minimum atomic E-state index is -4.14. The number of pyridine rings is 1. The lowest BCUT2D eigenvalue weighted by atomic mass is 9.96. The summed E-state index contributed by atoms with van der Waals surface area (Å²) in [6, 6.07) is 11.6. The van der Waals surface area contributed by atoms with Gasteiger partial charge in [-0.3, -0.25) is 19.5 Å². The number of aromatic nitrogens is 1. The number of nitrogens with zero attached hydrogens (tertiary/aromatic N) is 8. The van der Waals surface area contributed by atoms with E-state index in [-0.39, 0.29) is 11.7 Å². The SMILES string of the molecule is C=Nc1ccc(Oc2nc(Oc3ccc(C)cc3C)c(C)c(N(C)C(C)(CN(C)C(=NC)N(C)C)C(=O)OC)c2C)c(C)c1.CN=C(N(C)C)S(=O)(=O)O. The molecule has 15 nitrogen and oxygen atoms in total. The van der Waals surface area contributed by atoms with E-state index < -0.39 is 21.6 Å². The number of methoxy groups -OCH3 is 1. The number of carbonyl (C=O) groups excluding carboxylic acids is 1. The van der Waals surface area contributed by atoms with Crippen molar-refractivity contribution in [2.24, 2.45) is 15.0 Å². The minimum absolute atomic E-state index is 0.279. The molecule has 54 heavy (non-hydrogen) atoms. The lowest BCUT2D eigenvalue weighted by Gasteiger charge is -2.42. The summed E-state index contributed by atoms with van der Waals surface area (Å²) in [6.07, 6.45) is 0. The van der Waals surface area contributed by atoms with Crippen molar-refractivity contribution in [3.63, 3.8) is 0 Å². The van der Waals surface area contributed by atoms with E-state index in [9.17, 15) is 13.2 Å². The van der Waals surface area contributed by atoms with Crippen LogP contribution in [-0.4, -0.2) is 132 Å². The molecule has 1 aromatic heterocycles. The van der Waals surface area contributed by atoms with Crippen molar-refractivity contribution in [3.8, 4) is 23.3 Å². The molecule has 1 unspecified atom stereocenters. The molecule has 1 heterocycles. The molecule has 0 saturated carbocycles. The van der Waals surface area contributed by atoms with Gasteiger partial charge in [0.25, 0.3) is 0 Å². The second kappa shape index (κ2) is 18.7. The quantitative estimate of drug-likeness (QED) is 0.114. The second-order valence-electron chi connectivity index (χ2n) is 13.4. The normalized spacial score (nSPS) is 12.8. The van der Waals surface area contributed by atoms with E-state index in [1.807, 2.05) is 115 Å². The molecule has 0 bridgehead atoms. The van der Waals surface area contributed by atoms with Crippen LogP contribution in [0.5, 0.6) is 23.3 Å². The van der Waals surface area contributed by atoms with Crippen LogP contribution in [0.25, 0.3) is 0 Å². The van der Waals surface area contributed by atoms with E-state index in [0.29, 0.717) is 29.2 Å². The van der Waals surface area contributed by atoms with Crippen molar-refractivity contribution < 1.29 is 32.0 Å². The van der Waals surface area contributed by atoms with E-state index >= 15 is 0 Å². The average molecular weight is 769 g/mol. The summed E-state index contributed by atoms with van der Waals surface area (Å²) in [7, 11) is 10.8. The molecular formula is C38H56N8O7S. The van der Waals surface area contributed by atoms with Gasteiger partial charge in [0.15, 0.2) is 11.5 Å². The van der Waals surface area contributed by atoms with Crippen LogP contribution in [0.3, 0.4) is 0 Å². The molecule has 0 aliphatic rings. The summed E-state index contributed by atoms with van der Waals surface area (Å²) in [5, 5.41) is -0.340. The molecule has 296 valence electrons. The molecule has 1 atom stereocenters. The van der Waals surface area contributed by atoms with Crippen LogP contribution in [0, 0.1) is 34.6 Å². The van der Waals surface area contributed by atoms with E-state index in [1.54, 1.807) is 7.05 Å². The van der Waals surface area contributed by atoms with Crippen molar-refractivity contribution in [2.75, 3.05) is 74.9 Å². The largest absolute Gasteiger partial charge is 0.467 e.